The van der Waals surface area contributed by atoms with Crippen molar-refractivity contribution >= 4 is 33.2 Å². The van der Waals surface area contributed by atoms with Crippen LogP contribution in [-0.4, -0.2) is 53.5 Å². The normalized spacial score (nSPS) is 17.3. The number of benzene rings is 2. The smallest absolute Gasteiger partial charge is 0.253 e. The standard InChI is InChI=1S/C23H23N5O2S/c1-15-14-27(23(29)16-6-4-3-5-7-16)10-11-28(15)19(13-24)21(25)22-26-18-9-8-17(30-2)12-20(18)31-22/h3-9,12,15H,10-11,14,25H2,1-2H3/b21-19-. The van der Waals surface area contributed by atoms with Gasteiger partial charge in [0.15, 0.2) is 0 Å². The predicted molar refractivity (Wildman–Crippen MR) is 121 cm³/mol. The van der Waals surface area contributed by atoms with Crippen molar-refractivity contribution in [2.24, 2.45) is 5.73 Å². The summed E-state index contributed by atoms with van der Waals surface area (Å²) in [5.41, 5.74) is 8.65. The van der Waals surface area contributed by atoms with Crippen LogP contribution in [0.1, 0.15) is 22.3 Å². The molecule has 0 spiro atoms. The number of methoxy groups -OCH3 is 1. The minimum absolute atomic E-state index is 0.00248. The van der Waals surface area contributed by atoms with Gasteiger partial charge in [0.2, 0.25) is 0 Å². The molecule has 158 valence electrons. The first-order chi connectivity index (χ1) is 15.0. The molecule has 1 fully saturated rings. The van der Waals surface area contributed by atoms with Crippen molar-refractivity contribution in [1.29, 1.82) is 5.26 Å². The van der Waals surface area contributed by atoms with Gasteiger partial charge in [0.1, 0.15) is 28.2 Å². The van der Waals surface area contributed by atoms with Crippen LogP contribution >= 0.6 is 11.3 Å². The van der Waals surface area contributed by atoms with Gasteiger partial charge in [0, 0.05) is 31.2 Å². The van der Waals surface area contributed by atoms with E-state index in [1.165, 1.54) is 11.3 Å². The molecule has 7 nitrogen and oxygen atoms in total. The van der Waals surface area contributed by atoms with Crippen molar-refractivity contribution in [3.05, 3.63) is 64.8 Å². The van der Waals surface area contributed by atoms with E-state index in [0.29, 0.717) is 41.6 Å². The zero-order valence-electron chi connectivity index (χ0n) is 17.4. The van der Waals surface area contributed by atoms with Crippen LogP contribution in [0.3, 0.4) is 0 Å². The number of nitrogens with two attached hydrogens (primary N) is 1. The zero-order valence-corrected chi connectivity index (χ0v) is 18.2. The molecule has 1 saturated heterocycles. The van der Waals surface area contributed by atoms with E-state index in [2.05, 4.69) is 11.1 Å². The second-order valence-corrected chi connectivity index (χ2v) is 8.42. The van der Waals surface area contributed by atoms with E-state index >= 15 is 0 Å². The van der Waals surface area contributed by atoms with Crippen LogP contribution in [0.4, 0.5) is 0 Å². The van der Waals surface area contributed by atoms with Gasteiger partial charge in [0.05, 0.1) is 17.3 Å². The number of carbonyl (C=O) groups excluding carboxylic acids is 1. The van der Waals surface area contributed by atoms with Crippen LogP contribution in [0.15, 0.2) is 54.2 Å². The molecule has 3 aromatic rings. The Morgan fingerprint density at radius 3 is 2.71 bits per heavy atom. The van der Waals surface area contributed by atoms with Crippen LogP contribution in [0.5, 0.6) is 5.75 Å². The molecule has 2 N–H and O–H groups in total. The molecular weight excluding hydrogens is 410 g/mol. The zero-order chi connectivity index (χ0) is 22.0. The lowest BCUT2D eigenvalue weighted by atomic mass is 10.1. The molecule has 1 amide bonds. The third-order valence-electron chi connectivity index (χ3n) is 5.41. The molecule has 2 heterocycles. The minimum atomic E-state index is -0.0518. The highest BCUT2D eigenvalue weighted by molar-refractivity contribution is 7.19. The van der Waals surface area contributed by atoms with Crippen LogP contribution in [0.25, 0.3) is 15.9 Å². The molecule has 1 unspecified atom stereocenters. The molecule has 1 aliphatic rings. The van der Waals surface area contributed by atoms with Crippen molar-refractivity contribution in [2.45, 2.75) is 13.0 Å². The summed E-state index contributed by atoms with van der Waals surface area (Å²) in [5.74, 6) is 0.751. The Labute approximate surface area is 185 Å². The lowest BCUT2D eigenvalue weighted by molar-refractivity contribution is 0.0593. The van der Waals surface area contributed by atoms with Gasteiger partial charge in [-0.15, -0.1) is 11.3 Å². The topological polar surface area (TPSA) is 95.5 Å². The van der Waals surface area contributed by atoms with Gasteiger partial charge < -0.3 is 20.3 Å². The van der Waals surface area contributed by atoms with Gasteiger partial charge in [-0.1, -0.05) is 18.2 Å². The Balaban J connectivity index is 1.57. The summed E-state index contributed by atoms with van der Waals surface area (Å²) in [4.78, 5) is 21.2. The molecule has 0 saturated carbocycles. The molecule has 8 heteroatoms. The molecule has 1 aliphatic heterocycles. The summed E-state index contributed by atoms with van der Waals surface area (Å²) in [6, 6.07) is 17.1. The van der Waals surface area contributed by atoms with E-state index in [-0.39, 0.29) is 11.9 Å². The van der Waals surface area contributed by atoms with E-state index in [1.54, 1.807) is 7.11 Å². The largest absolute Gasteiger partial charge is 0.497 e. The van der Waals surface area contributed by atoms with Crippen molar-refractivity contribution < 1.29 is 9.53 Å². The number of aromatic nitrogens is 1. The van der Waals surface area contributed by atoms with Crippen molar-refractivity contribution in [2.75, 3.05) is 26.7 Å². The Hall–Kier alpha value is -3.57. The number of thiazole rings is 1. The number of amides is 1. The van der Waals surface area contributed by atoms with E-state index in [0.717, 1.165) is 16.0 Å². The quantitative estimate of drug-likeness (QED) is 0.635. The summed E-state index contributed by atoms with van der Waals surface area (Å²) in [5, 5.41) is 10.5. The maximum Gasteiger partial charge on any atom is 0.253 e. The third-order valence-corrected chi connectivity index (χ3v) is 6.46. The lowest BCUT2D eigenvalue weighted by Crippen LogP contribution is -2.53. The van der Waals surface area contributed by atoms with E-state index < -0.39 is 0 Å². The summed E-state index contributed by atoms with van der Waals surface area (Å²) < 4.78 is 6.22. The fourth-order valence-corrected chi connectivity index (χ4v) is 4.72. The number of piperazine rings is 1. The van der Waals surface area contributed by atoms with E-state index in [1.807, 2.05) is 65.3 Å². The molecule has 2 aromatic carbocycles. The first-order valence-corrected chi connectivity index (χ1v) is 10.8. The van der Waals surface area contributed by atoms with Crippen LogP contribution < -0.4 is 10.5 Å². The van der Waals surface area contributed by atoms with Crippen LogP contribution in [0, 0.1) is 11.3 Å². The second kappa shape index (κ2) is 8.66. The van der Waals surface area contributed by atoms with Crippen molar-refractivity contribution in [1.82, 2.24) is 14.8 Å². The average molecular weight is 434 g/mol. The Bertz CT molecular complexity index is 1180. The van der Waals surface area contributed by atoms with Crippen molar-refractivity contribution in [3.63, 3.8) is 0 Å². The molecule has 0 radical (unpaired) electrons. The fourth-order valence-electron chi connectivity index (χ4n) is 3.77. The number of hydrogen-bond donors (Lipinski definition) is 1. The molecule has 0 bridgehead atoms. The Kier molecular flexibility index (Phi) is 5.78. The number of ether oxygens (including phenoxy) is 1. The fraction of sp³-hybridized carbons (Fsp3) is 0.261. The molecule has 1 aromatic heterocycles. The number of nitrogens with zero attached hydrogens (tertiary/aromatic N) is 4. The second-order valence-electron chi connectivity index (χ2n) is 7.39. The molecule has 1 atom stereocenters. The SMILES string of the molecule is COc1ccc2nc(/C(N)=C(\C#N)N3CCN(C(=O)c4ccccc4)CC3C)sc2c1. The van der Waals surface area contributed by atoms with Gasteiger partial charge in [-0.2, -0.15) is 5.26 Å². The summed E-state index contributed by atoms with van der Waals surface area (Å²) in [6.07, 6.45) is 0. The number of allylic oxidation sites excluding steroid dienone is 1. The van der Waals surface area contributed by atoms with Crippen LogP contribution in [0.2, 0.25) is 0 Å². The van der Waals surface area contributed by atoms with Crippen molar-refractivity contribution in [3.8, 4) is 11.8 Å². The molecule has 31 heavy (non-hydrogen) atoms. The number of rotatable bonds is 4. The van der Waals surface area contributed by atoms with Crippen LogP contribution in [-0.2, 0) is 0 Å². The van der Waals surface area contributed by atoms with Gasteiger partial charge in [-0.05, 0) is 37.3 Å². The number of hydrogen-bond acceptors (Lipinski definition) is 7. The van der Waals surface area contributed by atoms with E-state index in [4.69, 9.17) is 10.5 Å². The Morgan fingerprint density at radius 2 is 2.03 bits per heavy atom. The molecule has 4 rings (SSSR count). The summed E-state index contributed by atoms with van der Waals surface area (Å²) in [6.45, 7) is 3.57. The van der Waals surface area contributed by atoms with Gasteiger partial charge in [-0.25, -0.2) is 4.98 Å². The monoisotopic (exact) mass is 433 g/mol. The average Bonchev–Trinajstić information content (AvgIpc) is 3.23. The highest BCUT2D eigenvalue weighted by Crippen LogP contribution is 2.30. The maximum absolute atomic E-state index is 12.8. The highest BCUT2D eigenvalue weighted by atomic mass is 32.1. The van der Waals surface area contributed by atoms with Gasteiger partial charge >= 0.3 is 0 Å². The first kappa shape index (κ1) is 20.7. The number of fused-ring (bicyclic) bond motifs is 1. The minimum Gasteiger partial charge on any atom is -0.497 e. The van der Waals surface area contributed by atoms with Gasteiger partial charge in [0.25, 0.3) is 5.91 Å². The third kappa shape index (κ3) is 4.05. The summed E-state index contributed by atoms with van der Waals surface area (Å²) >= 11 is 1.43. The number of carbonyl (C=O) groups is 1. The maximum atomic E-state index is 12.8. The lowest BCUT2D eigenvalue weighted by Gasteiger charge is -2.41. The van der Waals surface area contributed by atoms with Gasteiger partial charge in [-0.3, -0.25) is 4.79 Å². The summed E-state index contributed by atoms with van der Waals surface area (Å²) in [7, 11) is 1.62. The Morgan fingerprint density at radius 1 is 1.26 bits per heavy atom. The molecular formula is C23H23N5O2S. The highest BCUT2D eigenvalue weighted by Gasteiger charge is 2.30. The first-order valence-electron chi connectivity index (χ1n) is 9.97. The van der Waals surface area contributed by atoms with E-state index in [9.17, 15) is 10.1 Å². The number of nitriles is 1. The molecule has 0 aliphatic carbocycles. The predicted octanol–water partition coefficient (Wildman–Crippen LogP) is 3.30.